The Labute approximate surface area is 299 Å². The Balaban J connectivity index is 0.000000186. The molecule has 0 atom stereocenters. The monoisotopic (exact) mass is 792 g/mol. The molecule has 0 aliphatic carbocycles. The van der Waals surface area contributed by atoms with Gasteiger partial charge in [-0.05, 0) is 85.0 Å². The van der Waals surface area contributed by atoms with Crippen LogP contribution in [-0.4, -0.2) is 49.0 Å². The van der Waals surface area contributed by atoms with E-state index in [2.05, 4.69) is 35.4 Å². The Hall–Kier alpha value is -5.20. The molecule has 0 saturated heterocycles. The largest absolute Gasteiger partial charge is 0.573 e. The maximum absolute atomic E-state index is 12.2. The fourth-order valence-electron chi connectivity index (χ4n) is 4.78. The van der Waals surface area contributed by atoms with Crippen LogP contribution in [0.15, 0.2) is 99.0 Å². The van der Waals surface area contributed by atoms with Gasteiger partial charge in [0.1, 0.15) is 22.9 Å². The summed E-state index contributed by atoms with van der Waals surface area (Å²) in [7, 11) is 1.71. The van der Waals surface area contributed by atoms with Gasteiger partial charge in [0.05, 0.1) is 22.1 Å². The van der Waals surface area contributed by atoms with Crippen LogP contribution in [0.3, 0.4) is 0 Å². The van der Waals surface area contributed by atoms with Crippen molar-refractivity contribution >= 4 is 50.6 Å². The zero-order valence-corrected chi connectivity index (χ0v) is 29.2. The molecular weight excluding hydrogens is 765 g/mol. The van der Waals surface area contributed by atoms with Crippen LogP contribution in [0.1, 0.15) is 11.4 Å². The Morgan fingerprint density at radius 2 is 1.04 bits per heavy atom. The predicted molar refractivity (Wildman–Crippen MR) is 186 cm³/mol. The number of alkyl halides is 6. The second-order valence-corrected chi connectivity index (χ2v) is 11.9. The third-order valence-corrected chi connectivity index (χ3v) is 7.77. The summed E-state index contributed by atoms with van der Waals surface area (Å²) in [5.41, 5.74) is 5.29. The molecule has 2 heterocycles. The van der Waals surface area contributed by atoms with Crippen LogP contribution >= 0.6 is 15.9 Å². The standard InChI is InChI=1S/C17H13F3N2O2.C10H9BrN2O.C7H6BF3O3/c1-10-16(23)22(2)15-9-12(5-8-14(15)21-10)11-3-6-13(7-4-11)24-17(18,19)20;1-6-10(14)13(2)9-5-7(11)3-4-8(9)12-6;9-7(10,11)14-6-3-1-5(2-4-6)8(12)13/h3-9H,1-2H3;3-5H,1-2H3;1-4,12-13H. The highest BCUT2D eigenvalue weighted by Crippen LogP contribution is 2.28. The van der Waals surface area contributed by atoms with E-state index in [0.717, 1.165) is 45.3 Å². The minimum absolute atomic E-state index is 0.0457. The molecule has 4 aromatic carbocycles. The topological polar surface area (TPSA) is 129 Å². The van der Waals surface area contributed by atoms with Crippen LogP contribution in [0.25, 0.3) is 33.2 Å². The highest BCUT2D eigenvalue weighted by molar-refractivity contribution is 9.10. The number of nitrogens with zero attached hydrogens (tertiary/aromatic N) is 4. The van der Waals surface area contributed by atoms with E-state index in [4.69, 9.17) is 10.0 Å². The van der Waals surface area contributed by atoms with E-state index in [-0.39, 0.29) is 22.3 Å². The van der Waals surface area contributed by atoms with E-state index in [1.54, 1.807) is 50.7 Å². The van der Waals surface area contributed by atoms with Crippen LogP contribution in [0.2, 0.25) is 0 Å². The average Bonchev–Trinajstić information content (AvgIpc) is 3.06. The van der Waals surface area contributed by atoms with Crippen LogP contribution in [0, 0.1) is 13.8 Å². The number of ether oxygens (including phenoxy) is 2. The zero-order valence-electron chi connectivity index (χ0n) is 27.6. The van der Waals surface area contributed by atoms with E-state index in [9.17, 15) is 35.9 Å². The molecular formula is C34H28BBrF6N4O6. The number of aryl methyl sites for hydroxylation is 4. The quantitative estimate of drug-likeness (QED) is 0.163. The SMILES string of the molecule is Cc1nc2ccc(-c3ccc(OC(F)(F)F)cc3)cc2n(C)c1=O.Cc1nc2ccc(Br)cc2n(C)c1=O.OB(O)c1ccc(OC(F)(F)F)cc1. The van der Waals surface area contributed by atoms with Gasteiger partial charge in [0.2, 0.25) is 0 Å². The van der Waals surface area contributed by atoms with Gasteiger partial charge in [-0.15, -0.1) is 26.3 Å². The van der Waals surface area contributed by atoms with Gasteiger partial charge in [-0.1, -0.05) is 46.3 Å². The van der Waals surface area contributed by atoms with Crippen LogP contribution in [0.4, 0.5) is 26.3 Å². The smallest absolute Gasteiger partial charge is 0.423 e. The number of benzene rings is 4. The predicted octanol–water partition coefficient (Wildman–Crippen LogP) is 6.08. The zero-order chi connectivity index (χ0) is 38.5. The Morgan fingerprint density at radius 3 is 1.48 bits per heavy atom. The summed E-state index contributed by atoms with van der Waals surface area (Å²) in [6.45, 7) is 3.37. The van der Waals surface area contributed by atoms with Crippen molar-refractivity contribution in [3.05, 3.63) is 121 Å². The first kappa shape index (κ1) is 39.6. The molecule has 0 amide bonds. The fraction of sp³-hybridized carbons (Fsp3) is 0.176. The van der Waals surface area contributed by atoms with Crippen molar-refractivity contribution in [2.45, 2.75) is 26.6 Å². The third kappa shape index (κ3) is 10.4. The number of hydrogen-bond acceptors (Lipinski definition) is 8. The Bertz CT molecular complexity index is 2310. The van der Waals surface area contributed by atoms with E-state index >= 15 is 0 Å². The number of hydrogen-bond donors (Lipinski definition) is 2. The summed E-state index contributed by atoms with van der Waals surface area (Å²) in [5.74, 6) is -0.682. The first-order valence-corrected chi connectivity index (χ1v) is 15.7. The lowest BCUT2D eigenvalue weighted by Crippen LogP contribution is -2.29. The second-order valence-electron chi connectivity index (χ2n) is 11.0. The lowest BCUT2D eigenvalue weighted by molar-refractivity contribution is -0.275. The van der Waals surface area contributed by atoms with E-state index in [1.165, 1.54) is 28.8 Å². The molecule has 0 saturated carbocycles. The van der Waals surface area contributed by atoms with Crippen molar-refractivity contribution in [1.82, 2.24) is 19.1 Å². The van der Waals surface area contributed by atoms with Gasteiger partial charge >= 0.3 is 19.8 Å². The van der Waals surface area contributed by atoms with Crippen LogP contribution in [0.5, 0.6) is 11.5 Å². The first-order chi connectivity index (χ1) is 24.2. The summed E-state index contributed by atoms with van der Waals surface area (Å²) in [5, 5.41) is 17.3. The number of fused-ring (bicyclic) bond motifs is 2. The maximum atomic E-state index is 12.2. The molecule has 0 fully saturated rings. The molecule has 2 aromatic heterocycles. The summed E-state index contributed by atoms with van der Waals surface area (Å²) < 4.78 is 83.1. The van der Waals surface area contributed by atoms with E-state index in [1.807, 2.05) is 18.2 Å². The molecule has 52 heavy (non-hydrogen) atoms. The normalized spacial score (nSPS) is 11.3. The van der Waals surface area contributed by atoms with Gasteiger partial charge in [0.25, 0.3) is 11.1 Å². The van der Waals surface area contributed by atoms with Gasteiger partial charge in [-0.25, -0.2) is 9.97 Å². The van der Waals surface area contributed by atoms with Crippen LogP contribution < -0.4 is 26.1 Å². The van der Waals surface area contributed by atoms with Crippen molar-refractivity contribution in [3.63, 3.8) is 0 Å². The number of aromatic nitrogens is 4. The Kier molecular flexibility index (Phi) is 12.2. The lowest BCUT2D eigenvalue weighted by atomic mass is 9.80. The van der Waals surface area contributed by atoms with Gasteiger partial charge < -0.3 is 28.7 Å². The summed E-state index contributed by atoms with van der Waals surface area (Å²) >= 11 is 3.37. The molecule has 0 radical (unpaired) electrons. The average molecular weight is 793 g/mol. The van der Waals surface area contributed by atoms with Gasteiger partial charge in [-0.3, -0.25) is 9.59 Å². The van der Waals surface area contributed by atoms with E-state index in [0.29, 0.717) is 28.0 Å². The lowest BCUT2D eigenvalue weighted by Gasteiger charge is -2.10. The van der Waals surface area contributed by atoms with Gasteiger partial charge in [-0.2, -0.15) is 0 Å². The Morgan fingerprint density at radius 1 is 0.635 bits per heavy atom. The molecule has 6 rings (SSSR count). The minimum atomic E-state index is -4.74. The summed E-state index contributed by atoms with van der Waals surface area (Å²) in [6, 6.07) is 20.9. The minimum Gasteiger partial charge on any atom is -0.423 e. The molecule has 0 bridgehead atoms. The molecule has 272 valence electrons. The number of rotatable bonds is 4. The van der Waals surface area contributed by atoms with Gasteiger partial charge in [0.15, 0.2) is 0 Å². The molecule has 18 heteroatoms. The van der Waals surface area contributed by atoms with Crippen molar-refractivity contribution in [2.24, 2.45) is 14.1 Å². The molecule has 10 nitrogen and oxygen atoms in total. The van der Waals surface area contributed by atoms with Gasteiger partial charge in [0, 0.05) is 18.6 Å². The second kappa shape index (κ2) is 16.0. The molecule has 0 unspecified atom stereocenters. The first-order valence-electron chi connectivity index (χ1n) is 14.9. The maximum Gasteiger partial charge on any atom is 0.573 e. The molecule has 0 spiro atoms. The molecule has 2 N–H and O–H groups in total. The highest BCUT2D eigenvalue weighted by Gasteiger charge is 2.31. The molecule has 0 aliphatic heterocycles. The fourth-order valence-corrected chi connectivity index (χ4v) is 5.13. The van der Waals surface area contributed by atoms with Crippen molar-refractivity contribution in [2.75, 3.05) is 0 Å². The van der Waals surface area contributed by atoms with Crippen molar-refractivity contribution in [1.29, 1.82) is 0 Å². The molecule has 6 aromatic rings. The third-order valence-electron chi connectivity index (χ3n) is 7.27. The van der Waals surface area contributed by atoms with Crippen LogP contribution in [-0.2, 0) is 14.1 Å². The van der Waals surface area contributed by atoms with Crippen molar-refractivity contribution in [3.8, 4) is 22.6 Å². The highest BCUT2D eigenvalue weighted by atomic mass is 79.9. The molecule has 0 aliphatic rings. The summed E-state index contributed by atoms with van der Waals surface area (Å²) in [6.07, 6.45) is -9.45. The summed E-state index contributed by atoms with van der Waals surface area (Å²) in [4.78, 5) is 32.0. The van der Waals surface area contributed by atoms with E-state index < -0.39 is 25.6 Å². The number of halogens is 7. The van der Waals surface area contributed by atoms with Crippen molar-refractivity contribution < 1.29 is 45.9 Å².